The Labute approximate surface area is 349 Å². The predicted molar refractivity (Wildman–Crippen MR) is 224 cm³/mol. The first-order valence-corrected chi connectivity index (χ1v) is 19.9. The van der Waals surface area contributed by atoms with Gasteiger partial charge in [-0.1, -0.05) is 146 Å². The Morgan fingerprint density at radius 1 is 0.689 bits per heavy atom. The number of hydrogen-bond donors (Lipinski definition) is 0. The van der Waals surface area contributed by atoms with Crippen LogP contribution in [0.15, 0.2) is 158 Å². The number of aryl methyl sites for hydroxylation is 1. The monoisotopic (exact) mass is 819 g/mol. The molecule has 0 bridgehead atoms. The van der Waals surface area contributed by atoms with Gasteiger partial charge in [0.25, 0.3) is 5.78 Å². The number of hydrogen-bond acceptors (Lipinski definition) is 7. The second kappa shape index (κ2) is 17.1. The summed E-state index contributed by atoms with van der Waals surface area (Å²) in [4.78, 5) is 32.3. The van der Waals surface area contributed by atoms with Crippen LogP contribution in [0.25, 0.3) is 28.3 Å². The number of carbonyl (C=O) groups excluding carboxylic acids is 2. The van der Waals surface area contributed by atoms with Gasteiger partial charge in [-0.05, 0) is 64.1 Å². The summed E-state index contributed by atoms with van der Waals surface area (Å²) < 4.78 is 48.9. The second-order valence-corrected chi connectivity index (χ2v) is 14.3. The molecule has 306 valence electrons. The number of rotatable bonds is 14. The maximum atomic E-state index is 13.6. The molecule has 0 saturated heterocycles. The molecule has 0 saturated carbocycles. The van der Waals surface area contributed by atoms with E-state index >= 15 is 0 Å². The summed E-state index contributed by atoms with van der Waals surface area (Å²) in [7, 11) is 0. The van der Waals surface area contributed by atoms with Crippen molar-refractivity contribution < 1.29 is 27.5 Å². The number of benzene rings is 5. The molecule has 3 aromatic heterocycles. The molecule has 0 radical (unpaired) electrons. The fourth-order valence-electron chi connectivity index (χ4n) is 7.79. The number of esters is 1. The Morgan fingerprint density at radius 2 is 1.26 bits per heavy atom. The number of imidazole rings is 1. The third-order valence-corrected chi connectivity index (χ3v) is 10.5. The van der Waals surface area contributed by atoms with Gasteiger partial charge in [-0.15, -0.1) is 15.0 Å². The van der Waals surface area contributed by atoms with E-state index in [-0.39, 0.29) is 24.7 Å². The summed E-state index contributed by atoms with van der Waals surface area (Å²) in [6, 6.07) is 48.2. The van der Waals surface area contributed by atoms with E-state index in [4.69, 9.17) is 15.0 Å². The first-order valence-electron chi connectivity index (χ1n) is 19.9. The number of ether oxygens (including phenoxy) is 1. The number of nitrogens with zero attached hydrogens (tertiary/aromatic N) is 7. The van der Waals surface area contributed by atoms with Crippen LogP contribution >= 0.6 is 0 Å². The molecule has 0 atom stereocenters. The number of carbonyl (C=O) groups is 2. The Bertz CT molecular complexity index is 2680. The molecule has 8 rings (SSSR count). The van der Waals surface area contributed by atoms with Crippen LogP contribution in [0.2, 0.25) is 0 Å². The van der Waals surface area contributed by atoms with Gasteiger partial charge in [-0.25, -0.2) is 9.78 Å². The molecule has 3 heterocycles. The lowest BCUT2D eigenvalue weighted by Crippen LogP contribution is -2.39. The van der Waals surface area contributed by atoms with Gasteiger partial charge in [0.1, 0.15) is 5.82 Å². The van der Waals surface area contributed by atoms with Crippen molar-refractivity contribution in [3.8, 4) is 28.3 Å². The fraction of sp³-hybridized carbons (Fsp3) is 0.167. The van der Waals surface area contributed by atoms with Crippen LogP contribution in [0.3, 0.4) is 0 Å². The number of aromatic nitrogens is 7. The lowest BCUT2D eigenvalue weighted by molar-refractivity contribution is -0.0889. The lowest BCUT2D eigenvalue weighted by atomic mass is 9.77. The summed E-state index contributed by atoms with van der Waals surface area (Å²) >= 11 is 0. The Hall–Kier alpha value is -7.41. The van der Waals surface area contributed by atoms with Crippen LogP contribution in [0, 0.1) is 0 Å². The van der Waals surface area contributed by atoms with Crippen molar-refractivity contribution in [2.24, 2.45) is 0 Å². The van der Waals surface area contributed by atoms with Crippen LogP contribution in [-0.4, -0.2) is 58.9 Å². The van der Waals surface area contributed by atoms with Crippen LogP contribution < -0.4 is 0 Å². The molecule has 0 amide bonds. The van der Waals surface area contributed by atoms with Crippen LogP contribution in [0.1, 0.15) is 69.3 Å². The molecule has 0 aliphatic rings. The normalized spacial score (nSPS) is 11.8. The third-order valence-electron chi connectivity index (χ3n) is 10.5. The largest absolute Gasteiger partial charge is 0.461 e. The van der Waals surface area contributed by atoms with E-state index in [1.165, 1.54) is 12.3 Å². The maximum Gasteiger partial charge on any atom is 0.456 e. The molecule has 0 unspecified atom stereocenters. The molecule has 0 N–H and O–H groups in total. The Kier molecular flexibility index (Phi) is 11.3. The molecule has 0 aliphatic carbocycles. The average Bonchev–Trinajstić information content (AvgIpc) is 4.05. The number of tetrazole rings is 1. The van der Waals surface area contributed by atoms with Gasteiger partial charge < -0.3 is 9.30 Å². The highest BCUT2D eigenvalue weighted by molar-refractivity contribution is 6.00. The highest BCUT2D eigenvalue weighted by atomic mass is 19.4. The van der Waals surface area contributed by atoms with E-state index < -0.39 is 29.2 Å². The molecule has 0 spiro atoms. The summed E-state index contributed by atoms with van der Waals surface area (Å²) in [5.74, 6) is -2.04. The predicted octanol–water partition coefficient (Wildman–Crippen LogP) is 9.76. The molecule has 13 heteroatoms. The van der Waals surface area contributed by atoms with E-state index in [0.29, 0.717) is 24.5 Å². The first-order chi connectivity index (χ1) is 29.6. The second-order valence-electron chi connectivity index (χ2n) is 14.3. The summed E-state index contributed by atoms with van der Waals surface area (Å²) in [5.41, 5.74) is 4.48. The summed E-state index contributed by atoms with van der Waals surface area (Å²) in [5, 5.41) is 14.5. The standard InChI is InChI=1S/C48H40F3N7O3/c1-3-17-41-52-45(56-31-16-26-40(56)43(59)48(49,50)51)42(46(60)61-4-2)57(41)32-33-27-29-34(30-28-33)38-24-14-15-25-39(38)44-53-55-58(54-44)47(35-18-8-5-9-19-35,36-20-10-6-11-21-36)37-22-12-7-13-23-37/h5-16,18-31H,3-4,17,32H2,1-2H3. The minimum Gasteiger partial charge on any atom is -0.461 e. The zero-order valence-corrected chi connectivity index (χ0v) is 33.3. The van der Waals surface area contributed by atoms with E-state index in [2.05, 4.69) is 46.5 Å². The maximum absolute atomic E-state index is 13.6. The third kappa shape index (κ3) is 7.66. The number of Topliss-reactive ketones (excluding diaryl/α,β-unsaturated/α-hetero) is 1. The van der Waals surface area contributed by atoms with Gasteiger partial charge >= 0.3 is 12.1 Å². The van der Waals surface area contributed by atoms with Gasteiger partial charge in [-0.3, -0.25) is 9.36 Å². The number of halogens is 3. The zero-order chi connectivity index (χ0) is 42.6. The van der Waals surface area contributed by atoms with Crippen molar-refractivity contribution >= 4 is 11.8 Å². The molecule has 0 fully saturated rings. The van der Waals surface area contributed by atoms with E-state index in [1.807, 2.05) is 110 Å². The van der Waals surface area contributed by atoms with Crippen LogP contribution in [0.5, 0.6) is 0 Å². The van der Waals surface area contributed by atoms with Gasteiger partial charge in [-0.2, -0.15) is 13.2 Å². The highest BCUT2D eigenvalue weighted by Crippen LogP contribution is 2.40. The summed E-state index contributed by atoms with van der Waals surface area (Å²) in [6.07, 6.45) is -2.79. The lowest BCUT2D eigenvalue weighted by Gasteiger charge is -2.34. The molecule has 10 nitrogen and oxygen atoms in total. The SMILES string of the molecule is CCCc1nc(-n2cccc2C(=O)C(F)(F)F)c(C(=O)OCC)n1Cc1ccc(-c2ccccc2-c2nnn(C(c3ccccc3)(c3ccccc3)c3ccccc3)n2)cc1. The van der Waals surface area contributed by atoms with E-state index in [0.717, 1.165) is 49.6 Å². The van der Waals surface area contributed by atoms with Crippen molar-refractivity contribution in [2.45, 2.75) is 44.9 Å². The minimum absolute atomic E-state index is 0.0229. The van der Waals surface area contributed by atoms with Crippen LogP contribution in [-0.2, 0) is 23.2 Å². The van der Waals surface area contributed by atoms with Gasteiger partial charge in [0, 0.05) is 24.7 Å². The molecule has 5 aromatic carbocycles. The Morgan fingerprint density at radius 3 is 1.82 bits per heavy atom. The van der Waals surface area contributed by atoms with Crippen molar-refractivity contribution in [3.63, 3.8) is 0 Å². The topological polar surface area (TPSA) is 110 Å². The molecular formula is C48H40F3N7O3. The van der Waals surface area contributed by atoms with Gasteiger partial charge in [0.05, 0.1) is 12.3 Å². The molecular weight excluding hydrogens is 780 g/mol. The smallest absolute Gasteiger partial charge is 0.456 e. The molecule has 8 aromatic rings. The highest BCUT2D eigenvalue weighted by Gasteiger charge is 2.43. The summed E-state index contributed by atoms with van der Waals surface area (Å²) in [6.45, 7) is 3.74. The minimum atomic E-state index is -5.13. The van der Waals surface area contributed by atoms with Crippen molar-refractivity contribution in [1.82, 2.24) is 34.3 Å². The quantitative estimate of drug-likeness (QED) is 0.0611. The molecule has 61 heavy (non-hydrogen) atoms. The number of ketones is 1. The first kappa shape index (κ1) is 40.4. The zero-order valence-electron chi connectivity index (χ0n) is 33.3. The van der Waals surface area contributed by atoms with Crippen molar-refractivity contribution in [3.05, 3.63) is 197 Å². The van der Waals surface area contributed by atoms with Gasteiger partial charge in [0.15, 0.2) is 17.1 Å². The van der Waals surface area contributed by atoms with Crippen molar-refractivity contribution in [2.75, 3.05) is 6.61 Å². The average molecular weight is 820 g/mol. The van der Waals surface area contributed by atoms with Gasteiger partial charge in [0.2, 0.25) is 5.82 Å². The van der Waals surface area contributed by atoms with Crippen molar-refractivity contribution in [1.29, 1.82) is 0 Å². The fourth-order valence-corrected chi connectivity index (χ4v) is 7.79. The van der Waals surface area contributed by atoms with E-state index in [9.17, 15) is 22.8 Å². The molecule has 0 aliphatic heterocycles. The van der Waals surface area contributed by atoms with E-state index in [1.54, 1.807) is 16.3 Å². The Balaban J connectivity index is 1.17. The number of alkyl halides is 3. The van der Waals surface area contributed by atoms with Crippen LogP contribution in [0.4, 0.5) is 13.2 Å².